The van der Waals surface area contributed by atoms with Crippen LogP contribution < -0.4 is 5.32 Å². The lowest BCUT2D eigenvalue weighted by atomic mass is 10.0. The molecule has 0 radical (unpaired) electrons. The summed E-state index contributed by atoms with van der Waals surface area (Å²) >= 11 is 0. The maximum atomic E-state index is 13.9. The smallest absolute Gasteiger partial charge is 0.273 e. The number of halogens is 1. The van der Waals surface area contributed by atoms with Crippen LogP contribution in [0.2, 0.25) is 0 Å². The molecule has 1 aromatic heterocycles. The monoisotopic (exact) mass is 375 g/mol. The molecule has 1 saturated heterocycles. The van der Waals surface area contributed by atoms with Crippen molar-refractivity contribution in [1.82, 2.24) is 25.2 Å². The van der Waals surface area contributed by atoms with Gasteiger partial charge in [0.05, 0.1) is 24.4 Å². The molecule has 27 heavy (non-hydrogen) atoms. The highest BCUT2D eigenvalue weighted by molar-refractivity contribution is 5.94. The molecule has 2 aromatic rings. The number of nitrogens with zero attached hydrogens (tertiary/aromatic N) is 4. The van der Waals surface area contributed by atoms with Gasteiger partial charge in [0.15, 0.2) is 5.69 Å². The standard InChI is InChI=1S/C18H22FN5O3/c1-27-10-8-20-17(25)16-12-24(22-21-16)13-5-4-9-23(11-13)18(26)14-6-2-3-7-15(14)19/h2-3,6-7,12-13H,4-5,8-11H2,1H3,(H,20,25). The summed E-state index contributed by atoms with van der Waals surface area (Å²) in [5.41, 5.74) is 0.276. The van der Waals surface area contributed by atoms with Crippen LogP contribution in [0.15, 0.2) is 30.5 Å². The second kappa shape index (κ2) is 8.72. The number of likely N-dealkylation sites (tertiary alicyclic amines) is 1. The Labute approximate surface area is 156 Å². The minimum Gasteiger partial charge on any atom is -0.383 e. The zero-order chi connectivity index (χ0) is 19.2. The number of hydrogen-bond acceptors (Lipinski definition) is 5. The summed E-state index contributed by atoms with van der Waals surface area (Å²) < 4.78 is 20.4. The van der Waals surface area contributed by atoms with E-state index < -0.39 is 5.82 Å². The lowest BCUT2D eigenvalue weighted by Gasteiger charge is -2.32. The second-order valence-electron chi connectivity index (χ2n) is 6.36. The molecule has 0 bridgehead atoms. The van der Waals surface area contributed by atoms with Gasteiger partial charge in [0.25, 0.3) is 11.8 Å². The fourth-order valence-corrected chi connectivity index (χ4v) is 3.08. The summed E-state index contributed by atoms with van der Waals surface area (Å²) in [6.07, 6.45) is 3.14. The molecule has 0 aliphatic carbocycles. The number of aromatic nitrogens is 3. The van der Waals surface area contributed by atoms with Crippen molar-refractivity contribution in [3.05, 3.63) is 47.5 Å². The van der Waals surface area contributed by atoms with E-state index in [9.17, 15) is 14.0 Å². The third-order valence-electron chi connectivity index (χ3n) is 4.50. The van der Waals surface area contributed by atoms with Gasteiger partial charge in [-0.05, 0) is 25.0 Å². The Morgan fingerprint density at radius 2 is 2.19 bits per heavy atom. The van der Waals surface area contributed by atoms with Crippen molar-refractivity contribution < 1.29 is 18.7 Å². The van der Waals surface area contributed by atoms with Crippen molar-refractivity contribution in [2.75, 3.05) is 33.4 Å². The molecule has 1 N–H and O–H groups in total. The van der Waals surface area contributed by atoms with E-state index in [2.05, 4.69) is 15.6 Å². The summed E-state index contributed by atoms with van der Waals surface area (Å²) in [5, 5.41) is 10.6. The third kappa shape index (κ3) is 4.48. The van der Waals surface area contributed by atoms with E-state index in [1.165, 1.54) is 12.1 Å². The summed E-state index contributed by atoms with van der Waals surface area (Å²) in [5.74, 6) is -1.19. The van der Waals surface area contributed by atoms with E-state index in [-0.39, 0.29) is 29.1 Å². The zero-order valence-corrected chi connectivity index (χ0v) is 15.1. The van der Waals surface area contributed by atoms with Gasteiger partial charge in [-0.1, -0.05) is 17.3 Å². The number of methoxy groups -OCH3 is 1. The van der Waals surface area contributed by atoms with Crippen LogP contribution in [0.3, 0.4) is 0 Å². The van der Waals surface area contributed by atoms with Crippen LogP contribution in [-0.4, -0.2) is 65.1 Å². The Kier molecular flexibility index (Phi) is 6.12. The van der Waals surface area contributed by atoms with Crippen molar-refractivity contribution in [2.45, 2.75) is 18.9 Å². The van der Waals surface area contributed by atoms with E-state index in [4.69, 9.17) is 4.74 Å². The molecule has 1 aliphatic heterocycles. The second-order valence-corrected chi connectivity index (χ2v) is 6.36. The first-order valence-electron chi connectivity index (χ1n) is 8.83. The van der Waals surface area contributed by atoms with Crippen molar-refractivity contribution in [2.24, 2.45) is 0 Å². The molecule has 2 heterocycles. The van der Waals surface area contributed by atoms with Gasteiger partial charge >= 0.3 is 0 Å². The van der Waals surface area contributed by atoms with Gasteiger partial charge in [0.1, 0.15) is 5.82 Å². The number of nitrogens with one attached hydrogen (secondary N) is 1. The average molecular weight is 375 g/mol. The lowest BCUT2D eigenvalue weighted by molar-refractivity contribution is 0.0666. The van der Waals surface area contributed by atoms with E-state index in [1.54, 1.807) is 35.0 Å². The number of piperidine rings is 1. The average Bonchev–Trinajstić information content (AvgIpc) is 3.18. The van der Waals surface area contributed by atoms with Gasteiger partial charge in [-0.25, -0.2) is 9.07 Å². The maximum Gasteiger partial charge on any atom is 0.273 e. The summed E-state index contributed by atoms with van der Waals surface area (Å²) in [6, 6.07) is 5.85. The van der Waals surface area contributed by atoms with E-state index in [0.29, 0.717) is 26.2 Å². The largest absolute Gasteiger partial charge is 0.383 e. The molecule has 0 saturated carbocycles. The number of carbonyl (C=O) groups excluding carboxylic acids is 2. The van der Waals surface area contributed by atoms with Crippen molar-refractivity contribution in [3.63, 3.8) is 0 Å². The van der Waals surface area contributed by atoms with E-state index in [1.807, 2.05) is 0 Å². The molecule has 3 rings (SSSR count). The Hall–Kier alpha value is -2.81. The molecule has 144 valence electrons. The highest BCUT2D eigenvalue weighted by Crippen LogP contribution is 2.23. The minimum atomic E-state index is -0.527. The first-order chi connectivity index (χ1) is 13.1. The lowest BCUT2D eigenvalue weighted by Crippen LogP contribution is -2.41. The molecule has 0 spiro atoms. The van der Waals surface area contributed by atoms with Crippen LogP contribution in [0.4, 0.5) is 4.39 Å². The van der Waals surface area contributed by atoms with Crippen LogP contribution in [0, 0.1) is 5.82 Å². The van der Waals surface area contributed by atoms with Crippen molar-refractivity contribution in [1.29, 1.82) is 0 Å². The van der Waals surface area contributed by atoms with Gasteiger partial charge in [-0.2, -0.15) is 0 Å². The van der Waals surface area contributed by atoms with Crippen LogP contribution in [0.1, 0.15) is 39.7 Å². The number of ether oxygens (including phenoxy) is 1. The predicted octanol–water partition coefficient (Wildman–Crippen LogP) is 1.27. The van der Waals surface area contributed by atoms with Crippen molar-refractivity contribution in [3.8, 4) is 0 Å². The van der Waals surface area contributed by atoms with Gasteiger partial charge in [-0.15, -0.1) is 5.10 Å². The van der Waals surface area contributed by atoms with E-state index in [0.717, 1.165) is 12.8 Å². The molecule has 1 unspecified atom stereocenters. The summed E-state index contributed by atoms with van der Waals surface area (Å²) in [7, 11) is 1.56. The van der Waals surface area contributed by atoms with Gasteiger partial charge in [0.2, 0.25) is 0 Å². The molecule has 2 amide bonds. The third-order valence-corrected chi connectivity index (χ3v) is 4.50. The highest BCUT2D eigenvalue weighted by atomic mass is 19.1. The number of hydrogen-bond donors (Lipinski definition) is 1. The number of rotatable bonds is 6. The van der Waals surface area contributed by atoms with Gasteiger partial charge in [-0.3, -0.25) is 9.59 Å². The predicted molar refractivity (Wildman–Crippen MR) is 94.8 cm³/mol. The Morgan fingerprint density at radius 1 is 1.37 bits per heavy atom. The number of carbonyl (C=O) groups is 2. The fraction of sp³-hybridized carbons (Fsp3) is 0.444. The van der Waals surface area contributed by atoms with Gasteiger partial charge in [0, 0.05) is 26.7 Å². The Morgan fingerprint density at radius 3 is 2.96 bits per heavy atom. The molecule has 9 heteroatoms. The van der Waals surface area contributed by atoms with Crippen LogP contribution >= 0.6 is 0 Å². The van der Waals surface area contributed by atoms with Crippen LogP contribution in [0.25, 0.3) is 0 Å². The summed E-state index contributed by atoms with van der Waals surface area (Å²) in [4.78, 5) is 26.3. The first kappa shape index (κ1) is 19.0. The van der Waals surface area contributed by atoms with Crippen molar-refractivity contribution >= 4 is 11.8 Å². The molecular formula is C18H22FN5O3. The van der Waals surface area contributed by atoms with Crippen LogP contribution in [0.5, 0.6) is 0 Å². The minimum absolute atomic E-state index is 0.0648. The molecular weight excluding hydrogens is 353 g/mol. The maximum absolute atomic E-state index is 13.9. The first-order valence-corrected chi connectivity index (χ1v) is 8.83. The number of benzene rings is 1. The fourth-order valence-electron chi connectivity index (χ4n) is 3.08. The van der Waals surface area contributed by atoms with Gasteiger partial charge < -0.3 is 15.0 Å². The molecule has 8 nitrogen and oxygen atoms in total. The molecule has 1 atom stereocenters. The Bertz CT molecular complexity index is 810. The van der Waals surface area contributed by atoms with E-state index >= 15 is 0 Å². The summed E-state index contributed by atoms with van der Waals surface area (Å²) in [6.45, 7) is 1.75. The Balaban J connectivity index is 1.65. The van der Waals surface area contributed by atoms with Crippen LogP contribution in [-0.2, 0) is 4.74 Å². The quantitative estimate of drug-likeness (QED) is 0.768. The molecule has 1 fully saturated rings. The molecule has 1 aliphatic rings. The topological polar surface area (TPSA) is 89.4 Å². The zero-order valence-electron chi connectivity index (χ0n) is 15.1. The SMILES string of the molecule is COCCNC(=O)c1cn(C2CCCN(C(=O)c3ccccc3F)C2)nn1. The molecule has 1 aromatic carbocycles. The highest BCUT2D eigenvalue weighted by Gasteiger charge is 2.28. The normalized spacial score (nSPS) is 17.0. The number of amides is 2.